The first kappa shape index (κ1) is 12.1. The van der Waals surface area contributed by atoms with Crippen LogP contribution in [0, 0.1) is 6.92 Å². The van der Waals surface area contributed by atoms with Crippen molar-refractivity contribution in [1.29, 1.82) is 0 Å². The van der Waals surface area contributed by atoms with Gasteiger partial charge in [-0.3, -0.25) is 0 Å². The van der Waals surface area contributed by atoms with Gasteiger partial charge in [-0.15, -0.1) is 0 Å². The molecule has 0 heterocycles. The second-order valence-corrected chi connectivity index (χ2v) is 5.12. The highest BCUT2D eigenvalue weighted by molar-refractivity contribution is 6.33. The molecule has 0 aliphatic carbocycles. The molecule has 0 saturated carbocycles. The van der Waals surface area contributed by atoms with Crippen molar-refractivity contribution < 1.29 is 0 Å². The van der Waals surface area contributed by atoms with E-state index < -0.39 is 0 Å². The Balaban J connectivity index is 2.31. The molecule has 0 unspecified atom stereocenters. The lowest BCUT2D eigenvalue weighted by molar-refractivity contribution is 1.52. The first-order valence-electron chi connectivity index (χ1n) is 6.20. The second kappa shape index (κ2) is 4.60. The lowest BCUT2D eigenvalue weighted by Gasteiger charge is -2.10. The molecule has 0 aliphatic rings. The Morgan fingerprint density at radius 3 is 2.37 bits per heavy atom. The van der Waals surface area contributed by atoms with Gasteiger partial charge in [0.25, 0.3) is 0 Å². The summed E-state index contributed by atoms with van der Waals surface area (Å²) in [5.41, 5.74) is 9.94. The molecule has 19 heavy (non-hydrogen) atoms. The third kappa shape index (κ3) is 2.06. The summed E-state index contributed by atoms with van der Waals surface area (Å²) in [6, 6.07) is 18.5. The van der Waals surface area contributed by atoms with E-state index in [-0.39, 0.29) is 0 Å². The average molecular weight is 268 g/mol. The predicted octanol–water partition coefficient (Wildman–Crippen LogP) is 5.05. The van der Waals surface area contributed by atoms with Gasteiger partial charge >= 0.3 is 0 Å². The molecule has 2 heteroatoms. The van der Waals surface area contributed by atoms with E-state index in [2.05, 4.69) is 43.3 Å². The van der Waals surface area contributed by atoms with E-state index in [4.69, 9.17) is 17.3 Å². The van der Waals surface area contributed by atoms with Crippen molar-refractivity contribution in [2.24, 2.45) is 0 Å². The van der Waals surface area contributed by atoms with Crippen LogP contribution in [0.1, 0.15) is 5.56 Å². The molecule has 94 valence electrons. The second-order valence-electron chi connectivity index (χ2n) is 4.71. The lowest BCUT2D eigenvalue weighted by atomic mass is 9.95. The molecule has 0 aliphatic heterocycles. The minimum Gasteiger partial charge on any atom is -0.398 e. The molecule has 3 aromatic rings. The predicted molar refractivity (Wildman–Crippen MR) is 83.5 cm³/mol. The zero-order valence-electron chi connectivity index (χ0n) is 10.7. The highest BCUT2D eigenvalue weighted by Gasteiger charge is 2.07. The number of nitrogen functional groups attached to an aromatic ring is 1. The van der Waals surface area contributed by atoms with Crippen LogP contribution in [0.25, 0.3) is 21.9 Å². The van der Waals surface area contributed by atoms with Crippen LogP contribution < -0.4 is 5.73 Å². The highest BCUT2D eigenvalue weighted by atomic mass is 35.5. The summed E-state index contributed by atoms with van der Waals surface area (Å²) >= 11 is 6.12. The standard InChI is InChI=1S/C17H14ClN/c1-11-6-8-14(15-5-3-2-4-13(11)15)12-7-9-17(19)16(18)10-12/h2-10H,19H2,1H3. The Bertz CT molecular complexity index is 762. The van der Waals surface area contributed by atoms with Gasteiger partial charge in [-0.2, -0.15) is 0 Å². The third-order valence-corrected chi connectivity index (χ3v) is 3.78. The number of fused-ring (bicyclic) bond motifs is 1. The monoisotopic (exact) mass is 267 g/mol. The summed E-state index contributed by atoms with van der Waals surface area (Å²) in [6.07, 6.45) is 0. The average Bonchev–Trinajstić information content (AvgIpc) is 2.43. The topological polar surface area (TPSA) is 26.0 Å². The Morgan fingerprint density at radius 2 is 1.63 bits per heavy atom. The van der Waals surface area contributed by atoms with Crippen molar-refractivity contribution in [2.45, 2.75) is 6.92 Å². The Labute approximate surface area is 117 Å². The maximum atomic E-state index is 6.12. The molecule has 0 saturated heterocycles. The van der Waals surface area contributed by atoms with E-state index in [1.54, 1.807) is 0 Å². The zero-order valence-corrected chi connectivity index (χ0v) is 11.4. The van der Waals surface area contributed by atoms with Crippen molar-refractivity contribution in [3.05, 3.63) is 65.2 Å². The van der Waals surface area contributed by atoms with E-state index in [0.29, 0.717) is 10.7 Å². The number of benzene rings is 3. The number of aryl methyl sites for hydroxylation is 1. The normalized spacial score (nSPS) is 10.8. The lowest BCUT2D eigenvalue weighted by Crippen LogP contribution is -1.88. The fourth-order valence-corrected chi connectivity index (χ4v) is 2.58. The number of halogens is 1. The fraction of sp³-hybridized carbons (Fsp3) is 0.0588. The minimum atomic E-state index is 0.599. The Morgan fingerprint density at radius 1 is 0.895 bits per heavy atom. The zero-order chi connectivity index (χ0) is 13.4. The summed E-state index contributed by atoms with van der Waals surface area (Å²) in [6.45, 7) is 2.13. The molecular formula is C17H14ClN. The van der Waals surface area contributed by atoms with Crippen LogP contribution in [0.3, 0.4) is 0 Å². The molecule has 0 atom stereocenters. The van der Waals surface area contributed by atoms with Crippen LogP contribution in [0.4, 0.5) is 5.69 Å². The number of hydrogen-bond donors (Lipinski definition) is 1. The maximum Gasteiger partial charge on any atom is 0.0641 e. The van der Waals surface area contributed by atoms with Gasteiger partial charge in [0, 0.05) is 0 Å². The van der Waals surface area contributed by atoms with Gasteiger partial charge in [0.1, 0.15) is 0 Å². The van der Waals surface area contributed by atoms with Crippen LogP contribution in [-0.2, 0) is 0 Å². The molecule has 0 spiro atoms. The summed E-state index contributed by atoms with van der Waals surface area (Å²) in [7, 11) is 0. The molecule has 3 rings (SSSR count). The molecule has 3 aromatic carbocycles. The van der Waals surface area contributed by atoms with Gasteiger partial charge in [0.15, 0.2) is 0 Å². The van der Waals surface area contributed by atoms with E-state index in [9.17, 15) is 0 Å². The minimum absolute atomic E-state index is 0.599. The van der Waals surface area contributed by atoms with Gasteiger partial charge in [-0.05, 0) is 46.5 Å². The van der Waals surface area contributed by atoms with Crippen LogP contribution >= 0.6 is 11.6 Å². The molecule has 2 N–H and O–H groups in total. The van der Waals surface area contributed by atoms with Crippen LogP contribution in [0.2, 0.25) is 5.02 Å². The van der Waals surface area contributed by atoms with Crippen molar-refractivity contribution in [1.82, 2.24) is 0 Å². The van der Waals surface area contributed by atoms with Crippen molar-refractivity contribution in [3.8, 4) is 11.1 Å². The highest BCUT2D eigenvalue weighted by Crippen LogP contribution is 2.33. The molecule has 0 amide bonds. The number of hydrogen-bond acceptors (Lipinski definition) is 1. The third-order valence-electron chi connectivity index (χ3n) is 3.45. The van der Waals surface area contributed by atoms with Crippen molar-refractivity contribution in [2.75, 3.05) is 5.73 Å². The fourth-order valence-electron chi connectivity index (χ4n) is 2.40. The molecule has 0 fully saturated rings. The van der Waals surface area contributed by atoms with E-state index in [0.717, 1.165) is 5.56 Å². The quantitative estimate of drug-likeness (QED) is 0.614. The summed E-state index contributed by atoms with van der Waals surface area (Å²) in [5, 5.41) is 3.11. The van der Waals surface area contributed by atoms with E-state index >= 15 is 0 Å². The Hall–Kier alpha value is -1.99. The van der Waals surface area contributed by atoms with E-state index in [1.807, 2.05) is 18.2 Å². The van der Waals surface area contributed by atoms with Gasteiger partial charge < -0.3 is 5.73 Å². The van der Waals surface area contributed by atoms with Gasteiger partial charge in [0.05, 0.1) is 10.7 Å². The SMILES string of the molecule is Cc1ccc(-c2ccc(N)c(Cl)c2)c2ccccc12. The van der Waals surface area contributed by atoms with Gasteiger partial charge in [-0.25, -0.2) is 0 Å². The number of anilines is 1. The number of nitrogens with two attached hydrogens (primary N) is 1. The molecule has 0 aromatic heterocycles. The van der Waals surface area contributed by atoms with Crippen molar-refractivity contribution in [3.63, 3.8) is 0 Å². The smallest absolute Gasteiger partial charge is 0.0641 e. The van der Waals surface area contributed by atoms with E-state index in [1.165, 1.54) is 21.9 Å². The molecule has 1 nitrogen and oxygen atoms in total. The summed E-state index contributed by atoms with van der Waals surface area (Å²) in [4.78, 5) is 0. The first-order valence-corrected chi connectivity index (χ1v) is 6.58. The molecule has 0 radical (unpaired) electrons. The summed E-state index contributed by atoms with van der Waals surface area (Å²) in [5.74, 6) is 0. The number of rotatable bonds is 1. The maximum absolute atomic E-state index is 6.12. The molecular weight excluding hydrogens is 254 g/mol. The van der Waals surface area contributed by atoms with Crippen LogP contribution in [0.5, 0.6) is 0 Å². The molecule has 0 bridgehead atoms. The largest absolute Gasteiger partial charge is 0.398 e. The van der Waals surface area contributed by atoms with Gasteiger partial charge in [0.2, 0.25) is 0 Å². The van der Waals surface area contributed by atoms with Crippen molar-refractivity contribution >= 4 is 28.1 Å². The van der Waals surface area contributed by atoms with Crippen LogP contribution in [0.15, 0.2) is 54.6 Å². The summed E-state index contributed by atoms with van der Waals surface area (Å²) < 4.78 is 0. The first-order chi connectivity index (χ1) is 9.16. The van der Waals surface area contributed by atoms with Gasteiger partial charge in [-0.1, -0.05) is 54.1 Å². The van der Waals surface area contributed by atoms with Crippen LogP contribution in [-0.4, -0.2) is 0 Å². The Kier molecular flexibility index (Phi) is 2.92.